The minimum atomic E-state index is -0.351. The van der Waals surface area contributed by atoms with E-state index in [1.807, 2.05) is 0 Å². The predicted molar refractivity (Wildman–Crippen MR) is 67.8 cm³/mol. The quantitative estimate of drug-likeness (QED) is 0.627. The van der Waals surface area contributed by atoms with Gasteiger partial charge in [0, 0.05) is 11.8 Å². The highest BCUT2D eigenvalue weighted by Crippen LogP contribution is 2.20. The van der Waals surface area contributed by atoms with E-state index in [9.17, 15) is 4.79 Å². The van der Waals surface area contributed by atoms with Crippen LogP contribution in [0.3, 0.4) is 0 Å². The van der Waals surface area contributed by atoms with Crippen LogP contribution >= 0.6 is 11.6 Å². The summed E-state index contributed by atoms with van der Waals surface area (Å²) in [6.07, 6.45) is 2.79. The molecule has 0 aliphatic carbocycles. The largest absolute Gasteiger partial charge is 0.480 e. The topological polar surface area (TPSA) is 74.2 Å². The summed E-state index contributed by atoms with van der Waals surface area (Å²) in [5.74, 6) is 0.00903. The average Bonchev–Trinajstić information content (AvgIpc) is 2.45. The van der Waals surface area contributed by atoms with E-state index in [4.69, 9.17) is 21.1 Å². The molecule has 0 fully saturated rings. The van der Waals surface area contributed by atoms with E-state index in [0.717, 1.165) is 0 Å². The molecule has 0 aliphatic rings. The first-order valence-electron chi connectivity index (χ1n) is 5.27. The van der Waals surface area contributed by atoms with Gasteiger partial charge in [-0.15, -0.1) is 0 Å². The molecule has 2 aromatic heterocycles. The number of hydrogen-bond donors (Lipinski definition) is 0. The van der Waals surface area contributed by atoms with E-state index in [-0.39, 0.29) is 28.4 Å². The first-order valence-corrected chi connectivity index (χ1v) is 5.64. The predicted octanol–water partition coefficient (Wildman–Crippen LogP) is 1.77. The van der Waals surface area contributed by atoms with Crippen molar-refractivity contribution < 1.29 is 14.3 Å². The molecule has 0 N–H and O–H groups in total. The number of methoxy groups -OCH3 is 2. The Balaban J connectivity index is 2.44. The molecule has 0 spiro atoms. The fraction of sp³-hybridized carbons (Fsp3) is 0.167. The highest BCUT2D eigenvalue weighted by Gasteiger charge is 2.18. The summed E-state index contributed by atoms with van der Waals surface area (Å²) in [5, 5.41) is 0.228. The van der Waals surface area contributed by atoms with Gasteiger partial charge in [-0.2, -0.15) is 4.98 Å². The van der Waals surface area contributed by atoms with Gasteiger partial charge in [-0.3, -0.25) is 4.79 Å². The molecule has 0 unspecified atom stereocenters. The van der Waals surface area contributed by atoms with Gasteiger partial charge in [-0.05, 0) is 12.1 Å². The smallest absolute Gasteiger partial charge is 0.247 e. The number of ether oxygens (including phenoxy) is 2. The summed E-state index contributed by atoms with van der Waals surface area (Å²) in [6.45, 7) is 0. The van der Waals surface area contributed by atoms with E-state index >= 15 is 0 Å². The first kappa shape index (κ1) is 13.2. The number of ketones is 1. The number of pyridine rings is 1. The second-order valence-corrected chi connectivity index (χ2v) is 3.85. The second kappa shape index (κ2) is 5.62. The molecule has 0 aromatic carbocycles. The van der Waals surface area contributed by atoms with Gasteiger partial charge in [0.05, 0.1) is 20.4 Å². The first-order chi connectivity index (χ1) is 9.15. The molecule has 0 amide bonds. The Morgan fingerprint density at radius 1 is 1.26 bits per heavy atom. The van der Waals surface area contributed by atoms with Gasteiger partial charge in [-0.25, -0.2) is 9.97 Å². The molecule has 98 valence electrons. The lowest BCUT2D eigenvalue weighted by atomic mass is 10.1. The van der Waals surface area contributed by atoms with Crippen LogP contribution in [0.4, 0.5) is 0 Å². The second-order valence-electron chi connectivity index (χ2n) is 3.47. The zero-order valence-electron chi connectivity index (χ0n) is 10.3. The highest BCUT2D eigenvalue weighted by atomic mass is 35.5. The van der Waals surface area contributed by atoms with E-state index in [0.29, 0.717) is 5.56 Å². The highest BCUT2D eigenvalue weighted by molar-refractivity contribution is 6.29. The fourth-order valence-electron chi connectivity index (χ4n) is 1.43. The summed E-state index contributed by atoms with van der Waals surface area (Å²) in [6, 6.07) is 2.99. The van der Waals surface area contributed by atoms with Gasteiger partial charge >= 0.3 is 0 Å². The number of carbonyl (C=O) groups excluding carboxylic acids is 1. The third kappa shape index (κ3) is 2.79. The van der Waals surface area contributed by atoms with Crippen LogP contribution in [-0.4, -0.2) is 35.0 Å². The van der Waals surface area contributed by atoms with Gasteiger partial charge in [0.25, 0.3) is 0 Å². The van der Waals surface area contributed by atoms with Crippen molar-refractivity contribution in [1.82, 2.24) is 15.0 Å². The van der Waals surface area contributed by atoms with Crippen molar-refractivity contribution in [2.75, 3.05) is 14.2 Å². The molecule has 19 heavy (non-hydrogen) atoms. The van der Waals surface area contributed by atoms with Gasteiger partial charge < -0.3 is 9.47 Å². The van der Waals surface area contributed by atoms with Crippen LogP contribution in [0.15, 0.2) is 24.5 Å². The minimum Gasteiger partial charge on any atom is -0.480 e. The van der Waals surface area contributed by atoms with E-state index in [2.05, 4.69) is 15.0 Å². The van der Waals surface area contributed by atoms with Crippen molar-refractivity contribution in [3.05, 3.63) is 40.9 Å². The maximum atomic E-state index is 12.3. The van der Waals surface area contributed by atoms with Crippen LogP contribution in [0.2, 0.25) is 5.15 Å². The summed E-state index contributed by atoms with van der Waals surface area (Å²) >= 11 is 5.75. The Hall–Kier alpha value is -2.21. The Labute approximate surface area is 114 Å². The van der Waals surface area contributed by atoms with Crippen molar-refractivity contribution in [3.63, 3.8) is 0 Å². The number of aromatic nitrogens is 3. The molecule has 0 saturated heterocycles. The standard InChI is InChI=1S/C12H10ClN3O3/c1-18-9-6-15-10(12(16-9)19-2)11(17)7-3-4-14-8(13)5-7/h3-6H,1-2H3. The lowest BCUT2D eigenvalue weighted by molar-refractivity contribution is 0.103. The van der Waals surface area contributed by atoms with E-state index < -0.39 is 0 Å². The number of nitrogens with zero attached hydrogens (tertiary/aromatic N) is 3. The lowest BCUT2D eigenvalue weighted by Gasteiger charge is -2.07. The SMILES string of the molecule is COc1cnc(C(=O)c2ccnc(Cl)c2)c(OC)n1. The Morgan fingerprint density at radius 3 is 2.68 bits per heavy atom. The van der Waals surface area contributed by atoms with Gasteiger partial charge in [0.15, 0.2) is 5.69 Å². The molecule has 0 radical (unpaired) electrons. The number of halogens is 1. The zero-order chi connectivity index (χ0) is 13.8. The Bertz CT molecular complexity index is 619. The van der Waals surface area contributed by atoms with Crippen LogP contribution in [-0.2, 0) is 0 Å². The molecular weight excluding hydrogens is 270 g/mol. The van der Waals surface area contributed by atoms with Crippen LogP contribution in [0, 0.1) is 0 Å². The summed E-state index contributed by atoms with van der Waals surface area (Å²) in [5.41, 5.74) is 0.448. The molecule has 2 aromatic rings. The van der Waals surface area contributed by atoms with Crippen molar-refractivity contribution in [2.24, 2.45) is 0 Å². The maximum absolute atomic E-state index is 12.3. The molecular formula is C12H10ClN3O3. The van der Waals surface area contributed by atoms with Crippen LogP contribution in [0.5, 0.6) is 11.8 Å². The van der Waals surface area contributed by atoms with Crippen molar-refractivity contribution in [3.8, 4) is 11.8 Å². The monoisotopic (exact) mass is 279 g/mol. The molecule has 0 aliphatic heterocycles. The van der Waals surface area contributed by atoms with E-state index in [1.165, 1.54) is 32.7 Å². The third-order valence-corrected chi connectivity index (χ3v) is 2.53. The van der Waals surface area contributed by atoms with Crippen molar-refractivity contribution in [1.29, 1.82) is 0 Å². The average molecular weight is 280 g/mol. The molecule has 0 saturated carbocycles. The molecule has 2 heterocycles. The van der Waals surface area contributed by atoms with Crippen LogP contribution in [0.25, 0.3) is 0 Å². The summed E-state index contributed by atoms with van der Waals surface area (Å²) in [4.78, 5) is 24.1. The molecule has 6 nitrogen and oxygen atoms in total. The van der Waals surface area contributed by atoms with Crippen molar-refractivity contribution >= 4 is 17.4 Å². The van der Waals surface area contributed by atoms with Crippen LogP contribution < -0.4 is 9.47 Å². The Morgan fingerprint density at radius 2 is 2.05 bits per heavy atom. The molecule has 7 heteroatoms. The zero-order valence-corrected chi connectivity index (χ0v) is 11.0. The Kier molecular flexibility index (Phi) is 3.91. The van der Waals surface area contributed by atoms with Crippen molar-refractivity contribution in [2.45, 2.75) is 0 Å². The normalized spacial score (nSPS) is 10.1. The van der Waals surface area contributed by atoms with Crippen LogP contribution in [0.1, 0.15) is 16.1 Å². The molecule has 0 atom stereocenters. The van der Waals surface area contributed by atoms with E-state index in [1.54, 1.807) is 6.07 Å². The lowest BCUT2D eigenvalue weighted by Crippen LogP contribution is -2.09. The van der Waals surface area contributed by atoms with Gasteiger partial charge in [0.2, 0.25) is 17.5 Å². The number of carbonyl (C=O) groups is 1. The number of hydrogen-bond acceptors (Lipinski definition) is 6. The third-order valence-electron chi connectivity index (χ3n) is 2.32. The van der Waals surface area contributed by atoms with Gasteiger partial charge in [-0.1, -0.05) is 11.6 Å². The van der Waals surface area contributed by atoms with Gasteiger partial charge in [0.1, 0.15) is 5.15 Å². The molecule has 2 rings (SSSR count). The fourth-order valence-corrected chi connectivity index (χ4v) is 1.61. The summed E-state index contributed by atoms with van der Waals surface area (Å²) in [7, 11) is 2.85. The molecule has 0 bridgehead atoms. The minimum absolute atomic E-state index is 0.0885. The number of rotatable bonds is 4. The summed E-state index contributed by atoms with van der Waals surface area (Å²) < 4.78 is 9.96. The maximum Gasteiger partial charge on any atom is 0.247 e.